The Hall–Kier alpha value is -0.820. The van der Waals surface area contributed by atoms with Crippen LogP contribution in [0.25, 0.3) is 0 Å². The summed E-state index contributed by atoms with van der Waals surface area (Å²) in [4.78, 5) is 0. The molecule has 0 amide bonds. The third kappa shape index (κ3) is 4.63. The van der Waals surface area contributed by atoms with E-state index >= 15 is 0 Å². The predicted molar refractivity (Wildman–Crippen MR) is 101 cm³/mol. The van der Waals surface area contributed by atoms with Crippen molar-refractivity contribution in [2.75, 3.05) is 0 Å². The molecule has 2 heteroatoms. The van der Waals surface area contributed by atoms with Gasteiger partial charge in [0.05, 0.1) is 5.02 Å². The molecule has 0 radical (unpaired) electrons. The summed E-state index contributed by atoms with van der Waals surface area (Å²) in [6.45, 7) is 3.94. The Balaban J connectivity index is 1.40. The van der Waals surface area contributed by atoms with Crippen molar-refractivity contribution in [1.29, 1.82) is 0 Å². The second-order valence-electron chi connectivity index (χ2n) is 7.99. The Labute approximate surface area is 151 Å². The topological polar surface area (TPSA) is 0 Å². The van der Waals surface area contributed by atoms with Crippen LogP contribution in [0.4, 0.5) is 4.39 Å². The van der Waals surface area contributed by atoms with Crippen molar-refractivity contribution in [2.45, 2.75) is 70.1 Å². The first-order valence-electron chi connectivity index (χ1n) is 9.73. The van der Waals surface area contributed by atoms with Crippen molar-refractivity contribution in [3.8, 4) is 0 Å². The minimum absolute atomic E-state index is 0.235. The molecule has 0 unspecified atom stereocenters. The van der Waals surface area contributed by atoms with E-state index in [9.17, 15) is 4.39 Å². The molecule has 2 saturated carbocycles. The van der Waals surface area contributed by atoms with Gasteiger partial charge in [-0.3, -0.25) is 0 Å². The van der Waals surface area contributed by atoms with E-state index in [-0.39, 0.29) is 10.8 Å². The molecule has 24 heavy (non-hydrogen) atoms. The monoisotopic (exact) mass is 348 g/mol. The Morgan fingerprint density at radius 1 is 0.958 bits per heavy atom. The first kappa shape index (κ1) is 18.0. The summed E-state index contributed by atoms with van der Waals surface area (Å²) in [5, 5.41) is 0.235. The molecule has 0 spiro atoms. The first-order valence-corrected chi connectivity index (χ1v) is 10.1. The number of rotatable bonds is 5. The smallest absolute Gasteiger partial charge is 0.142 e. The zero-order valence-electron chi connectivity index (χ0n) is 14.7. The number of allylic oxidation sites excluding steroid dienone is 1. The van der Waals surface area contributed by atoms with Gasteiger partial charge in [-0.2, -0.15) is 0 Å². The molecule has 0 heterocycles. The summed E-state index contributed by atoms with van der Waals surface area (Å²) in [5.74, 6) is 2.86. The standard InChI is InChI=1S/C22H30ClF/c1-2-16-3-5-17(6-4-16)7-8-18-9-11-19(12-10-18)20-13-14-21(23)22(24)15-20/h2,13-19H,1,3-12H2/t16-,17-,18-,19-. The summed E-state index contributed by atoms with van der Waals surface area (Å²) in [5.41, 5.74) is 1.14. The minimum atomic E-state index is -0.272. The number of benzene rings is 1. The number of halogens is 2. The minimum Gasteiger partial charge on any atom is -0.205 e. The lowest BCUT2D eigenvalue weighted by molar-refractivity contribution is 0.246. The third-order valence-corrected chi connectivity index (χ3v) is 6.78. The summed E-state index contributed by atoms with van der Waals surface area (Å²) in [7, 11) is 0. The molecule has 0 N–H and O–H groups in total. The molecular formula is C22H30ClF. The van der Waals surface area contributed by atoms with Crippen LogP contribution in [0.1, 0.15) is 75.7 Å². The Kier molecular flexibility index (Phi) is 6.38. The molecule has 1 aromatic carbocycles. The van der Waals surface area contributed by atoms with E-state index in [0.29, 0.717) is 5.92 Å². The van der Waals surface area contributed by atoms with Crippen LogP contribution in [0, 0.1) is 23.6 Å². The van der Waals surface area contributed by atoms with Gasteiger partial charge >= 0.3 is 0 Å². The maximum Gasteiger partial charge on any atom is 0.142 e. The van der Waals surface area contributed by atoms with Gasteiger partial charge < -0.3 is 0 Å². The van der Waals surface area contributed by atoms with Crippen molar-refractivity contribution in [2.24, 2.45) is 17.8 Å². The molecule has 2 fully saturated rings. The lowest BCUT2D eigenvalue weighted by Crippen LogP contribution is -2.17. The van der Waals surface area contributed by atoms with Crippen molar-refractivity contribution in [3.05, 3.63) is 47.3 Å². The van der Waals surface area contributed by atoms with Crippen LogP contribution >= 0.6 is 11.6 Å². The van der Waals surface area contributed by atoms with E-state index in [2.05, 4.69) is 12.7 Å². The molecule has 2 aliphatic carbocycles. The normalized spacial score (nSPS) is 30.9. The van der Waals surface area contributed by atoms with Crippen molar-refractivity contribution in [1.82, 2.24) is 0 Å². The molecular weight excluding hydrogens is 319 g/mol. The van der Waals surface area contributed by atoms with Crippen molar-refractivity contribution >= 4 is 11.6 Å². The highest BCUT2D eigenvalue weighted by Crippen LogP contribution is 2.40. The first-order chi connectivity index (χ1) is 11.7. The van der Waals surface area contributed by atoms with E-state index in [0.717, 1.165) is 23.3 Å². The van der Waals surface area contributed by atoms with E-state index < -0.39 is 0 Å². The second-order valence-corrected chi connectivity index (χ2v) is 8.39. The van der Waals surface area contributed by atoms with Gasteiger partial charge in [0.2, 0.25) is 0 Å². The van der Waals surface area contributed by atoms with Crippen molar-refractivity contribution in [3.63, 3.8) is 0 Å². The lowest BCUT2D eigenvalue weighted by atomic mass is 9.74. The van der Waals surface area contributed by atoms with Gasteiger partial charge in [0.1, 0.15) is 5.82 Å². The van der Waals surface area contributed by atoms with Gasteiger partial charge in [-0.15, -0.1) is 6.58 Å². The van der Waals surface area contributed by atoms with E-state index in [1.807, 2.05) is 6.07 Å². The molecule has 0 atom stereocenters. The van der Waals surface area contributed by atoms with Crippen LogP contribution in [-0.4, -0.2) is 0 Å². The van der Waals surface area contributed by atoms with Crippen LogP contribution in [-0.2, 0) is 0 Å². The summed E-state index contributed by atoms with van der Waals surface area (Å²) >= 11 is 5.80. The molecule has 1 aromatic rings. The number of hydrogen-bond acceptors (Lipinski definition) is 0. The van der Waals surface area contributed by atoms with Crippen LogP contribution < -0.4 is 0 Å². The molecule has 132 valence electrons. The zero-order chi connectivity index (χ0) is 16.9. The highest BCUT2D eigenvalue weighted by atomic mass is 35.5. The van der Waals surface area contributed by atoms with E-state index in [1.165, 1.54) is 64.2 Å². The van der Waals surface area contributed by atoms with Crippen LogP contribution in [0.2, 0.25) is 5.02 Å². The highest BCUT2D eigenvalue weighted by molar-refractivity contribution is 6.30. The van der Waals surface area contributed by atoms with Crippen LogP contribution in [0.15, 0.2) is 30.9 Å². The summed E-state index contributed by atoms with van der Waals surface area (Å²) in [6, 6.07) is 5.36. The second kappa shape index (κ2) is 8.52. The molecule has 0 bridgehead atoms. The van der Waals surface area contributed by atoms with Crippen molar-refractivity contribution < 1.29 is 4.39 Å². The zero-order valence-corrected chi connectivity index (χ0v) is 15.4. The Bertz CT molecular complexity index is 537. The van der Waals surface area contributed by atoms with Crippen LogP contribution in [0.5, 0.6) is 0 Å². The van der Waals surface area contributed by atoms with Crippen LogP contribution in [0.3, 0.4) is 0 Å². The fourth-order valence-corrected chi connectivity index (χ4v) is 4.85. The molecule has 0 aromatic heterocycles. The van der Waals surface area contributed by atoms with Gasteiger partial charge in [-0.1, -0.05) is 36.6 Å². The maximum absolute atomic E-state index is 13.7. The van der Waals surface area contributed by atoms with Gasteiger partial charge in [0.15, 0.2) is 0 Å². The fraction of sp³-hybridized carbons (Fsp3) is 0.636. The van der Waals surface area contributed by atoms with Gasteiger partial charge in [-0.25, -0.2) is 4.39 Å². The third-order valence-electron chi connectivity index (χ3n) is 6.47. The lowest BCUT2D eigenvalue weighted by Gasteiger charge is -2.31. The summed E-state index contributed by atoms with van der Waals surface area (Å²) in [6.07, 6.45) is 15.5. The average molecular weight is 349 g/mol. The molecule has 3 rings (SSSR count). The quantitative estimate of drug-likeness (QED) is 0.482. The largest absolute Gasteiger partial charge is 0.205 e. The molecule has 0 nitrogen and oxygen atoms in total. The van der Waals surface area contributed by atoms with Gasteiger partial charge in [0.25, 0.3) is 0 Å². The molecule has 0 aliphatic heterocycles. The highest BCUT2D eigenvalue weighted by Gasteiger charge is 2.25. The Morgan fingerprint density at radius 2 is 1.54 bits per heavy atom. The average Bonchev–Trinajstić information content (AvgIpc) is 2.63. The molecule has 2 aliphatic rings. The van der Waals surface area contributed by atoms with E-state index in [4.69, 9.17) is 11.6 Å². The molecule has 0 saturated heterocycles. The SMILES string of the molecule is C=C[C@H]1CC[C@H](CC[C@H]2CC[C@H](c3ccc(Cl)c(F)c3)CC2)CC1. The number of hydrogen-bond donors (Lipinski definition) is 0. The van der Waals surface area contributed by atoms with E-state index in [1.54, 1.807) is 12.1 Å². The Morgan fingerprint density at radius 3 is 2.08 bits per heavy atom. The predicted octanol–water partition coefficient (Wildman–Crippen LogP) is 7.53. The fourth-order valence-electron chi connectivity index (χ4n) is 4.73. The van der Waals surface area contributed by atoms with Gasteiger partial charge in [0, 0.05) is 0 Å². The summed E-state index contributed by atoms with van der Waals surface area (Å²) < 4.78 is 13.7. The maximum atomic E-state index is 13.7. The van der Waals surface area contributed by atoms with Gasteiger partial charge in [-0.05, 0) is 92.7 Å².